The third-order valence-corrected chi connectivity index (χ3v) is 3.19. The van der Waals surface area contributed by atoms with Crippen LogP contribution in [-0.4, -0.2) is 36.0 Å². The maximum absolute atomic E-state index is 10.8. The van der Waals surface area contributed by atoms with Crippen molar-refractivity contribution in [3.05, 3.63) is 41.6 Å². The van der Waals surface area contributed by atoms with Crippen molar-refractivity contribution in [1.82, 2.24) is 15.0 Å². The second-order valence-corrected chi connectivity index (χ2v) is 5.30. The Morgan fingerprint density at radius 1 is 1.07 bits per heavy atom. The summed E-state index contributed by atoms with van der Waals surface area (Å²) in [5, 5.41) is 29.9. The lowest BCUT2D eigenvalue weighted by atomic mass is 10.3. The summed E-state index contributed by atoms with van der Waals surface area (Å²) >= 11 is 17.0. The first kappa shape index (κ1) is 21.8. The highest BCUT2D eigenvalue weighted by Gasteiger charge is 2.23. The number of amides is 1. The summed E-state index contributed by atoms with van der Waals surface area (Å²) in [6.45, 7) is 0. The summed E-state index contributed by atoms with van der Waals surface area (Å²) < 4.78 is 0. The molecule has 144 valence electrons. The van der Waals surface area contributed by atoms with Crippen LogP contribution in [0.4, 0.5) is 33.8 Å². The number of halogens is 3. The van der Waals surface area contributed by atoms with Crippen molar-refractivity contribution in [3.63, 3.8) is 0 Å². The highest BCUT2D eigenvalue weighted by atomic mass is 35.5. The molecule has 2 rings (SSSR count). The number of primary amides is 1. The van der Waals surface area contributed by atoms with Gasteiger partial charge < -0.3 is 21.9 Å². The number of carbonyl (C=O) groups is 1. The number of nitrogens with zero attached hydrogens (tertiary/aromatic N) is 5. The molecule has 0 saturated heterocycles. The van der Waals surface area contributed by atoms with Gasteiger partial charge in [0.25, 0.3) is 0 Å². The van der Waals surface area contributed by atoms with E-state index in [4.69, 9.17) is 50.4 Å². The molecule has 0 unspecified atom stereocenters. The van der Waals surface area contributed by atoms with E-state index in [0.29, 0.717) is 0 Å². The Balaban J connectivity index is 0.000000828. The molecule has 0 aliphatic carbocycles. The van der Waals surface area contributed by atoms with E-state index in [0.717, 1.165) is 6.07 Å². The van der Waals surface area contributed by atoms with Gasteiger partial charge in [-0.05, 0) is 0 Å². The Morgan fingerprint density at radius 3 is 1.89 bits per heavy atom. The fourth-order valence-corrected chi connectivity index (χ4v) is 2.29. The lowest BCUT2D eigenvalue weighted by molar-refractivity contribution is -0.385. The molecule has 0 atom stereocenters. The molecule has 6 N–H and O–H groups in total. The van der Waals surface area contributed by atoms with Crippen LogP contribution in [0, 0.1) is 20.2 Å². The standard InChI is InChI=1S/C9H4Cl3N7O4.CH3NO2/c10-2-1-3(14-8(13)4(2)18(20)21)15-9-16-6(11)5(19(22)23)7(12)17-9;2-1(3)4/h1H,(H3,13,14,15,16,17);2H2,(H,3,4). The zero-order valence-electron chi connectivity index (χ0n) is 12.6. The van der Waals surface area contributed by atoms with Crippen molar-refractivity contribution < 1.29 is 19.7 Å². The van der Waals surface area contributed by atoms with Gasteiger partial charge in [0.2, 0.25) is 22.1 Å². The monoisotopic (exact) mass is 440 g/mol. The van der Waals surface area contributed by atoms with Crippen LogP contribution in [0.1, 0.15) is 0 Å². The number of rotatable bonds is 4. The maximum atomic E-state index is 10.8. The summed E-state index contributed by atoms with van der Waals surface area (Å²) in [4.78, 5) is 39.6. The lowest BCUT2D eigenvalue weighted by Gasteiger charge is -2.07. The Morgan fingerprint density at radius 2 is 1.52 bits per heavy atom. The minimum atomic E-state index is -1.33. The first-order chi connectivity index (χ1) is 12.4. The second-order valence-electron chi connectivity index (χ2n) is 4.18. The molecule has 0 fully saturated rings. The number of hydrogen-bond donors (Lipinski definition) is 4. The number of nitrogens with two attached hydrogens (primary N) is 2. The quantitative estimate of drug-likeness (QED) is 0.306. The third-order valence-electron chi connectivity index (χ3n) is 2.38. The molecule has 0 aliphatic heterocycles. The Hall–Kier alpha value is -3.23. The third kappa shape index (κ3) is 5.91. The summed E-state index contributed by atoms with van der Waals surface area (Å²) in [7, 11) is 0. The summed E-state index contributed by atoms with van der Waals surface area (Å²) in [6, 6.07) is 1.10. The molecular weight excluding hydrogens is 435 g/mol. The topological polar surface area (TPSA) is 226 Å². The van der Waals surface area contributed by atoms with Crippen molar-refractivity contribution in [2.45, 2.75) is 0 Å². The van der Waals surface area contributed by atoms with E-state index in [-0.39, 0.29) is 16.8 Å². The molecule has 0 aromatic carbocycles. The van der Waals surface area contributed by atoms with Crippen LogP contribution in [0.2, 0.25) is 15.3 Å². The van der Waals surface area contributed by atoms with E-state index < -0.39 is 43.4 Å². The van der Waals surface area contributed by atoms with E-state index in [2.05, 4.69) is 26.0 Å². The Bertz CT molecular complexity index is 808. The number of nitrogens with one attached hydrogen (secondary N) is 1. The highest BCUT2D eigenvalue weighted by molar-refractivity contribution is 6.36. The highest BCUT2D eigenvalue weighted by Crippen LogP contribution is 2.33. The van der Waals surface area contributed by atoms with Crippen LogP contribution in [-0.2, 0) is 0 Å². The van der Waals surface area contributed by atoms with Crippen LogP contribution in [0.5, 0.6) is 0 Å². The van der Waals surface area contributed by atoms with Gasteiger partial charge in [-0.25, -0.2) is 9.78 Å². The van der Waals surface area contributed by atoms with Gasteiger partial charge in [0.15, 0.2) is 0 Å². The van der Waals surface area contributed by atoms with E-state index >= 15 is 0 Å². The first-order valence-electron chi connectivity index (χ1n) is 6.17. The van der Waals surface area contributed by atoms with E-state index in [1.807, 2.05) is 0 Å². The van der Waals surface area contributed by atoms with E-state index in [1.165, 1.54) is 0 Å². The van der Waals surface area contributed by atoms with Crippen molar-refractivity contribution in [3.8, 4) is 0 Å². The molecule has 1 amide bonds. The molecule has 0 aliphatic rings. The molecule has 2 aromatic heterocycles. The molecule has 17 heteroatoms. The number of pyridine rings is 1. The molecule has 0 saturated carbocycles. The summed E-state index contributed by atoms with van der Waals surface area (Å²) in [5.74, 6) is -0.717. The van der Waals surface area contributed by atoms with E-state index in [1.54, 1.807) is 0 Å². The SMILES string of the molecule is NC(=O)O.Nc1nc(Nc2nc(Cl)c([N+](=O)[O-])c(Cl)n2)cc(Cl)c1[N+](=O)[O-]. The zero-order chi connectivity index (χ0) is 20.9. The normalized spacial score (nSPS) is 9.74. The van der Waals surface area contributed by atoms with Crippen molar-refractivity contribution >= 4 is 69.9 Å². The second kappa shape index (κ2) is 8.93. The lowest BCUT2D eigenvalue weighted by Crippen LogP contribution is -2.05. The molecule has 2 heterocycles. The molecule has 0 spiro atoms. The smallest absolute Gasteiger partial charge is 0.402 e. The number of nitro groups is 2. The molecule has 2 aromatic rings. The maximum Gasteiger partial charge on any atom is 0.402 e. The van der Waals surface area contributed by atoms with Gasteiger partial charge in [0.05, 0.1) is 9.85 Å². The van der Waals surface area contributed by atoms with Gasteiger partial charge in [-0.1, -0.05) is 34.8 Å². The Labute approximate surface area is 163 Å². The van der Waals surface area contributed by atoms with Crippen LogP contribution < -0.4 is 16.8 Å². The van der Waals surface area contributed by atoms with Gasteiger partial charge >= 0.3 is 17.5 Å². The molecule has 27 heavy (non-hydrogen) atoms. The average molecular weight is 442 g/mol. The largest absolute Gasteiger partial charge is 0.465 e. The molecular formula is C10H7Cl3N8O6. The van der Waals surface area contributed by atoms with Gasteiger partial charge in [-0.2, -0.15) is 9.97 Å². The summed E-state index contributed by atoms with van der Waals surface area (Å²) in [5.41, 5.74) is 8.25. The minimum Gasteiger partial charge on any atom is -0.465 e. The number of hydrogen-bond acceptors (Lipinski definition) is 10. The first-order valence-corrected chi connectivity index (χ1v) is 7.30. The van der Waals surface area contributed by atoms with Crippen LogP contribution >= 0.6 is 34.8 Å². The predicted molar refractivity (Wildman–Crippen MR) is 94.5 cm³/mol. The minimum absolute atomic E-state index is 0.0425. The fraction of sp³-hybridized carbons (Fsp3) is 0. The average Bonchev–Trinajstić information content (AvgIpc) is 2.43. The molecule has 0 radical (unpaired) electrons. The number of aromatic nitrogens is 3. The van der Waals surface area contributed by atoms with Crippen molar-refractivity contribution in [2.24, 2.45) is 5.73 Å². The molecule has 14 nitrogen and oxygen atoms in total. The zero-order valence-corrected chi connectivity index (χ0v) is 14.9. The van der Waals surface area contributed by atoms with Crippen molar-refractivity contribution in [1.29, 1.82) is 0 Å². The number of nitrogen functional groups attached to an aromatic ring is 1. The predicted octanol–water partition coefficient (Wildman–Crippen LogP) is 2.60. The number of anilines is 3. The van der Waals surface area contributed by atoms with E-state index in [9.17, 15) is 20.2 Å². The fourth-order valence-electron chi connectivity index (χ4n) is 1.49. The van der Waals surface area contributed by atoms with Gasteiger partial charge in [-0.3, -0.25) is 20.2 Å². The van der Waals surface area contributed by atoms with Gasteiger partial charge in [-0.15, -0.1) is 0 Å². The molecule has 0 bridgehead atoms. The van der Waals surface area contributed by atoms with Gasteiger partial charge in [0, 0.05) is 6.07 Å². The van der Waals surface area contributed by atoms with Crippen LogP contribution in [0.25, 0.3) is 0 Å². The van der Waals surface area contributed by atoms with Crippen LogP contribution in [0.3, 0.4) is 0 Å². The van der Waals surface area contributed by atoms with Crippen LogP contribution in [0.15, 0.2) is 6.07 Å². The Kier molecular flexibility index (Phi) is 7.21. The van der Waals surface area contributed by atoms with Gasteiger partial charge in [0.1, 0.15) is 10.8 Å². The van der Waals surface area contributed by atoms with Crippen molar-refractivity contribution in [2.75, 3.05) is 11.1 Å². The summed E-state index contributed by atoms with van der Waals surface area (Å²) in [6.07, 6.45) is -1.33. The number of carboxylic acid groups (broad SMARTS) is 1.